The lowest BCUT2D eigenvalue weighted by Gasteiger charge is -1.84. The fourth-order valence-electron chi connectivity index (χ4n) is 1.12. The van der Waals surface area contributed by atoms with E-state index in [2.05, 4.69) is 26.8 Å². The summed E-state index contributed by atoms with van der Waals surface area (Å²) in [6.45, 7) is 0. The molecule has 64 valence electrons. The molecule has 5 heteroatoms. The van der Waals surface area contributed by atoms with Crippen molar-refractivity contribution in [2.75, 3.05) is 0 Å². The van der Waals surface area contributed by atoms with Gasteiger partial charge in [0.1, 0.15) is 5.69 Å². The van der Waals surface area contributed by atoms with Crippen LogP contribution in [0.2, 0.25) is 0 Å². The molecule has 1 N–H and O–H groups in total. The zero-order chi connectivity index (χ0) is 9.26. The van der Waals surface area contributed by atoms with Crippen LogP contribution in [0.25, 0.3) is 11.0 Å². The Bertz CT molecular complexity index is 444. The Morgan fingerprint density at radius 2 is 2.46 bits per heavy atom. The van der Waals surface area contributed by atoms with Gasteiger partial charge in [0.25, 0.3) is 0 Å². The number of aromatic nitrogens is 2. The summed E-state index contributed by atoms with van der Waals surface area (Å²) in [5, 5.41) is 0. The van der Waals surface area contributed by atoms with Gasteiger partial charge in [-0.25, -0.2) is 0 Å². The monoisotopic (exact) mass is 191 g/mol. The second-order valence-corrected chi connectivity index (χ2v) is 2.70. The summed E-state index contributed by atoms with van der Waals surface area (Å²) in [4.78, 5) is 18.0. The molecule has 1 amide bonds. The summed E-state index contributed by atoms with van der Waals surface area (Å²) in [5.41, 5.74) is 1.93. The number of carbonyl (C=O) groups excluding carboxylic acids is 1. The summed E-state index contributed by atoms with van der Waals surface area (Å²) in [6, 6.07) is 5.26. The highest BCUT2D eigenvalue weighted by Gasteiger charge is 2.07. The number of aromatic amines is 1. The Morgan fingerprint density at radius 1 is 1.62 bits per heavy atom. The Morgan fingerprint density at radius 3 is 3.15 bits per heavy atom. The van der Waals surface area contributed by atoms with Gasteiger partial charge in [0.05, 0.1) is 11.0 Å². The van der Waals surface area contributed by atoms with E-state index in [0.29, 0.717) is 5.69 Å². The lowest BCUT2D eigenvalue weighted by atomic mass is 10.4. The topological polar surface area (TPSA) is 58.1 Å². The molecule has 0 aliphatic heterocycles. The molecule has 0 saturated carbocycles. The number of hydrogen-bond acceptors (Lipinski definition) is 3. The van der Waals surface area contributed by atoms with Crippen LogP contribution < -0.4 is 0 Å². The molecule has 0 radical (unpaired) electrons. The first kappa shape index (κ1) is 8.00. The van der Waals surface area contributed by atoms with E-state index in [9.17, 15) is 4.79 Å². The summed E-state index contributed by atoms with van der Waals surface area (Å²) in [7, 11) is 0. The maximum absolute atomic E-state index is 11.1. The van der Waals surface area contributed by atoms with Crippen LogP contribution in [-0.2, 0) is 12.4 Å². The largest absolute Gasteiger partial charge is 0.349 e. The first-order chi connectivity index (χ1) is 6.31. The second kappa shape index (κ2) is 3.02. The van der Waals surface area contributed by atoms with Crippen molar-refractivity contribution in [1.82, 2.24) is 9.97 Å². The van der Waals surface area contributed by atoms with Crippen LogP contribution in [-0.4, -0.2) is 15.9 Å². The van der Waals surface area contributed by atoms with Gasteiger partial charge in [0.15, 0.2) is 0 Å². The molecule has 0 aromatic carbocycles. The van der Waals surface area contributed by atoms with E-state index in [1.165, 1.54) is 0 Å². The molecule has 2 rings (SSSR count). The fourth-order valence-corrected chi connectivity index (χ4v) is 1.22. The number of carbonyl (C=O) groups is 1. The normalized spacial score (nSPS) is 10.2. The SMILES string of the molecule is O=C(N=S)c1cc2ncccc2[nH]1. The van der Waals surface area contributed by atoms with Gasteiger partial charge in [0, 0.05) is 18.6 Å². The highest BCUT2D eigenvalue weighted by Crippen LogP contribution is 2.12. The van der Waals surface area contributed by atoms with Gasteiger partial charge in [-0.2, -0.15) is 0 Å². The van der Waals surface area contributed by atoms with Gasteiger partial charge in [-0.1, -0.05) is 0 Å². The van der Waals surface area contributed by atoms with Crippen LogP contribution in [0.15, 0.2) is 28.8 Å². The average Bonchev–Trinajstić information content (AvgIpc) is 2.59. The van der Waals surface area contributed by atoms with Gasteiger partial charge >= 0.3 is 5.91 Å². The third-order valence-electron chi connectivity index (χ3n) is 1.70. The van der Waals surface area contributed by atoms with Crippen LogP contribution in [0.4, 0.5) is 0 Å². The molecule has 0 atom stereocenters. The lowest BCUT2D eigenvalue weighted by Crippen LogP contribution is -1.91. The van der Waals surface area contributed by atoms with Crippen molar-refractivity contribution in [2.24, 2.45) is 4.36 Å². The van der Waals surface area contributed by atoms with Gasteiger partial charge in [-0.3, -0.25) is 9.78 Å². The van der Waals surface area contributed by atoms with Crippen molar-refractivity contribution in [3.63, 3.8) is 0 Å². The van der Waals surface area contributed by atoms with Crippen molar-refractivity contribution in [2.45, 2.75) is 0 Å². The Kier molecular flexibility index (Phi) is 1.86. The van der Waals surface area contributed by atoms with Crippen molar-refractivity contribution >= 4 is 29.4 Å². The zero-order valence-corrected chi connectivity index (χ0v) is 7.34. The Balaban J connectivity index is 2.62. The number of amides is 1. The number of H-pyrrole nitrogens is 1. The first-order valence-electron chi connectivity index (χ1n) is 3.62. The third kappa shape index (κ3) is 1.33. The summed E-state index contributed by atoms with van der Waals surface area (Å²) >= 11 is 4.30. The molecular formula is C8H5N3OS. The third-order valence-corrected chi connectivity index (χ3v) is 1.87. The van der Waals surface area contributed by atoms with Gasteiger partial charge in [0.2, 0.25) is 0 Å². The predicted molar refractivity (Wildman–Crippen MR) is 50.2 cm³/mol. The number of rotatable bonds is 1. The molecule has 4 nitrogen and oxygen atoms in total. The van der Waals surface area contributed by atoms with Crippen LogP contribution in [0.3, 0.4) is 0 Å². The van der Waals surface area contributed by atoms with E-state index in [1.54, 1.807) is 18.3 Å². The standard InChI is InChI=1S/C8H5N3OS/c12-8(11-13)7-4-6-5(10-7)2-1-3-9-6/h1-4,10H. The molecular weight excluding hydrogens is 186 g/mol. The van der Waals surface area contributed by atoms with E-state index in [1.807, 2.05) is 6.07 Å². The van der Waals surface area contributed by atoms with Gasteiger partial charge < -0.3 is 4.98 Å². The smallest absolute Gasteiger partial charge is 0.304 e. The zero-order valence-electron chi connectivity index (χ0n) is 6.52. The van der Waals surface area contributed by atoms with Crippen molar-refractivity contribution in [3.8, 4) is 0 Å². The van der Waals surface area contributed by atoms with Gasteiger partial charge in [-0.05, 0) is 18.2 Å². The maximum Gasteiger partial charge on any atom is 0.304 e. The molecule has 0 spiro atoms. The minimum atomic E-state index is -0.437. The van der Waals surface area contributed by atoms with Crippen LogP contribution in [0, 0.1) is 0 Å². The molecule has 0 fully saturated rings. The van der Waals surface area contributed by atoms with Crippen LogP contribution in [0.1, 0.15) is 10.5 Å². The summed E-state index contributed by atoms with van der Waals surface area (Å²) < 4.78 is 3.14. The average molecular weight is 191 g/mol. The van der Waals surface area contributed by atoms with Crippen LogP contribution >= 0.6 is 0 Å². The number of pyridine rings is 1. The molecule has 0 aliphatic carbocycles. The maximum atomic E-state index is 11.1. The number of fused-ring (bicyclic) bond motifs is 1. The molecule has 2 aromatic rings. The number of nitrogens with one attached hydrogen (secondary N) is 1. The highest BCUT2D eigenvalue weighted by atomic mass is 32.1. The van der Waals surface area contributed by atoms with E-state index < -0.39 is 5.91 Å². The molecule has 0 saturated heterocycles. The Hall–Kier alpha value is -1.62. The predicted octanol–water partition coefficient (Wildman–Crippen LogP) is 1.43. The van der Waals surface area contributed by atoms with Crippen molar-refractivity contribution in [3.05, 3.63) is 30.1 Å². The van der Waals surface area contributed by atoms with E-state index >= 15 is 0 Å². The number of hydrogen-bond donors (Lipinski definition) is 1. The minimum absolute atomic E-state index is 0.378. The van der Waals surface area contributed by atoms with Crippen LogP contribution in [0.5, 0.6) is 0 Å². The van der Waals surface area contributed by atoms with E-state index in [4.69, 9.17) is 0 Å². The van der Waals surface area contributed by atoms with E-state index in [-0.39, 0.29) is 0 Å². The second-order valence-electron chi connectivity index (χ2n) is 2.52. The number of nitrogens with zero attached hydrogens (tertiary/aromatic N) is 2. The van der Waals surface area contributed by atoms with Crippen molar-refractivity contribution < 1.29 is 4.79 Å². The minimum Gasteiger partial charge on any atom is -0.349 e. The molecule has 0 bridgehead atoms. The fraction of sp³-hybridized carbons (Fsp3) is 0. The molecule has 2 heterocycles. The molecule has 13 heavy (non-hydrogen) atoms. The summed E-state index contributed by atoms with van der Waals surface area (Å²) in [6.07, 6.45) is 1.66. The highest BCUT2D eigenvalue weighted by molar-refractivity contribution is 7.47. The quantitative estimate of drug-likeness (QED) is 0.741. The molecule has 2 aromatic heterocycles. The van der Waals surface area contributed by atoms with Crippen molar-refractivity contribution in [1.29, 1.82) is 0 Å². The van der Waals surface area contributed by atoms with E-state index in [0.717, 1.165) is 11.0 Å². The first-order valence-corrected chi connectivity index (χ1v) is 3.99. The van der Waals surface area contributed by atoms with Gasteiger partial charge in [-0.15, -0.1) is 4.36 Å². The lowest BCUT2D eigenvalue weighted by molar-refractivity contribution is 0.100. The molecule has 0 aliphatic rings. The summed E-state index contributed by atoms with van der Waals surface area (Å²) in [5.74, 6) is -0.437. The Labute approximate surface area is 79.2 Å². The molecule has 0 unspecified atom stereocenters.